The summed E-state index contributed by atoms with van der Waals surface area (Å²) in [6, 6.07) is 4.23. The molecule has 0 fully saturated rings. The van der Waals surface area contributed by atoms with Gasteiger partial charge in [-0.3, -0.25) is 0 Å². The van der Waals surface area contributed by atoms with E-state index in [0.717, 1.165) is 11.6 Å². The molecule has 0 atom stereocenters. The maximum Gasteiger partial charge on any atom is 0.451 e. The summed E-state index contributed by atoms with van der Waals surface area (Å²) >= 11 is 17.5. The van der Waals surface area contributed by atoms with Crippen LogP contribution in [0, 0.1) is 6.92 Å². The molecule has 0 amide bonds. The van der Waals surface area contributed by atoms with E-state index in [-0.39, 0.29) is 11.0 Å². The first-order valence-corrected chi connectivity index (χ1v) is 6.64. The maximum absolute atomic E-state index is 12.6. The van der Waals surface area contributed by atoms with Crippen molar-refractivity contribution in [2.75, 3.05) is 5.32 Å². The lowest BCUT2D eigenvalue weighted by Gasteiger charge is -2.12. The van der Waals surface area contributed by atoms with Gasteiger partial charge in [-0.25, -0.2) is 9.97 Å². The molecule has 0 saturated heterocycles. The molecule has 3 nitrogen and oxygen atoms in total. The van der Waals surface area contributed by atoms with Crippen LogP contribution in [0.1, 0.15) is 11.4 Å². The molecule has 21 heavy (non-hydrogen) atoms. The van der Waals surface area contributed by atoms with Crippen molar-refractivity contribution in [3.63, 3.8) is 0 Å². The van der Waals surface area contributed by atoms with Gasteiger partial charge >= 0.3 is 6.18 Å². The number of hydrogen-bond acceptors (Lipinski definition) is 3. The predicted molar refractivity (Wildman–Crippen MR) is 76.5 cm³/mol. The van der Waals surface area contributed by atoms with Crippen LogP contribution in [0.4, 0.5) is 24.7 Å². The highest BCUT2D eigenvalue weighted by atomic mass is 35.5. The van der Waals surface area contributed by atoms with Crippen LogP contribution in [0.3, 0.4) is 0 Å². The molecule has 0 saturated carbocycles. The Kier molecular flexibility index (Phi) is 4.51. The van der Waals surface area contributed by atoms with Gasteiger partial charge in [0.1, 0.15) is 11.0 Å². The van der Waals surface area contributed by atoms with Gasteiger partial charge in [0, 0.05) is 11.1 Å². The molecule has 0 unspecified atom stereocenters. The number of aromatic nitrogens is 2. The molecule has 0 aliphatic heterocycles. The molecule has 0 spiro atoms. The van der Waals surface area contributed by atoms with Gasteiger partial charge in [-0.05, 0) is 24.6 Å². The van der Waals surface area contributed by atoms with Crippen LogP contribution in [0.5, 0.6) is 0 Å². The van der Waals surface area contributed by atoms with E-state index >= 15 is 0 Å². The summed E-state index contributed by atoms with van der Waals surface area (Å²) in [5.74, 6) is -1.48. The van der Waals surface area contributed by atoms with Crippen molar-refractivity contribution in [2.45, 2.75) is 13.1 Å². The standard InChI is InChI=1S/C12H7Cl3F3N3/c1-5-2-7(14)8(3-6(5)13)19-10-4-9(15)20-11(21-10)12(16,17)18/h2-4H,1H3,(H,19,20,21). The van der Waals surface area contributed by atoms with Crippen LogP contribution in [0.25, 0.3) is 0 Å². The molecule has 0 bridgehead atoms. The second kappa shape index (κ2) is 5.87. The minimum Gasteiger partial charge on any atom is -0.339 e. The van der Waals surface area contributed by atoms with Gasteiger partial charge in [0.05, 0.1) is 10.7 Å². The van der Waals surface area contributed by atoms with Crippen molar-refractivity contribution in [3.8, 4) is 0 Å². The van der Waals surface area contributed by atoms with Crippen molar-refractivity contribution in [3.05, 3.63) is 44.8 Å². The Bertz CT molecular complexity index is 689. The number of aryl methyl sites for hydroxylation is 1. The molecule has 1 heterocycles. The van der Waals surface area contributed by atoms with Crippen LogP contribution in [-0.2, 0) is 6.18 Å². The number of halogens is 6. The first-order chi connectivity index (χ1) is 9.66. The van der Waals surface area contributed by atoms with Crippen LogP contribution in [0.15, 0.2) is 18.2 Å². The molecule has 1 N–H and O–H groups in total. The zero-order chi connectivity index (χ0) is 15.8. The number of nitrogens with one attached hydrogen (secondary N) is 1. The van der Waals surface area contributed by atoms with E-state index in [2.05, 4.69) is 15.3 Å². The van der Waals surface area contributed by atoms with Crippen molar-refractivity contribution >= 4 is 46.3 Å². The normalized spacial score (nSPS) is 11.6. The topological polar surface area (TPSA) is 37.8 Å². The summed E-state index contributed by atoms with van der Waals surface area (Å²) in [4.78, 5) is 6.49. The monoisotopic (exact) mass is 355 g/mol. The fourth-order valence-electron chi connectivity index (χ4n) is 1.49. The smallest absolute Gasteiger partial charge is 0.339 e. The summed E-state index contributed by atoms with van der Waals surface area (Å²) in [6.45, 7) is 1.75. The minimum absolute atomic E-state index is 0.135. The third-order valence-electron chi connectivity index (χ3n) is 2.46. The molecule has 1 aromatic heterocycles. The first kappa shape index (κ1) is 16.1. The second-order valence-electron chi connectivity index (χ2n) is 4.10. The highest BCUT2D eigenvalue weighted by Gasteiger charge is 2.35. The molecular weight excluding hydrogens is 350 g/mol. The number of anilines is 2. The summed E-state index contributed by atoms with van der Waals surface area (Å²) < 4.78 is 37.9. The van der Waals surface area contributed by atoms with E-state index in [1.807, 2.05) is 0 Å². The number of hydrogen-bond donors (Lipinski definition) is 1. The van der Waals surface area contributed by atoms with E-state index in [9.17, 15) is 13.2 Å². The molecule has 2 aromatic rings. The van der Waals surface area contributed by atoms with Crippen LogP contribution in [-0.4, -0.2) is 9.97 Å². The lowest BCUT2D eigenvalue weighted by atomic mass is 10.2. The molecule has 0 radical (unpaired) electrons. The Labute approximate surface area is 133 Å². The Morgan fingerprint density at radius 3 is 2.29 bits per heavy atom. The molecule has 2 rings (SSSR count). The largest absolute Gasteiger partial charge is 0.451 e. The number of rotatable bonds is 2. The Hall–Kier alpha value is -1.24. The van der Waals surface area contributed by atoms with Crippen molar-refractivity contribution in [2.24, 2.45) is 0 Å². The molecule has 0 aliphatic carbocycles. The predicted octanol–water partition coefficient (Wildman–Crippen LogP) is 5.51. The average Bonchev–Trinajstić information content (AvgIpc) is 2.34. The quantitative estimate of drug-likeness (QED) is 0.721. The van der Waals surface area contributed by atoms with Crippen LogP contribution in [0.2, 0.25) is 15.2 Å². The van der Waals surface area contributed by atoms with Gasteiger partial charge in [-0.1, -0.05) is 34.8 Å². The maximum atomic E-state index is 12.6. The van der Waals surface area contributed by atoms with Crippen LogP contribution >= 0.6 is 34.8 Å². The SMILES string of the molecule is Cc1cc(Cl)c(Nc2cc(Cl)nc(C(F)(F)F)n2)cc1Cl. The second-order valence-corrected chi connectivity index (χ2v) is 5.31. The fraction of sp³-hybridized carbons (Fsp3) is 0.167. The first-order valence-electron chi connectivity index (χ1n) is 5.51. The highest BCUT2D eigenvalue weighted by Crippen LogP contribution is 2.32. The zero-order valence-electron chi connectivity index (χ0n) is 10.4. The average molecular weight is 357 g/mol. The number of benzene rings is 1. The lowest BCUT2D eigenvalue weighted by molar-refractivity contribution is -0.144. The van der Waals surface area contributed by atoms with Crippen LogP contribution < -0.4 is 5.32 Å². The van der Waals surface area contributed by atoms with Gasteiger partial charge in [0.2, 0.25) is 5.82 Å². The van der Waals surface area contributed by atoms with Crippen molar-refractivity contribution < 1.29 is 13.2 Å². The van der Waals surface area contributed by atoms with E-state index < -0.39 is 12.0 Å². The van der Waals surface area contributed by atoms with Crippen molar-refractivity contribution in [1.29, 1.82) is 0 Å². The molecule has 112 valence electrons. The summed E-state index contributed by atoms with van der Waals surface area (Å²) in [6.07, 6.45) is -4.70. The Morgan fingerprint density at radius 2 is 1.67 bits per heavy atom. The molecule has 1 aromatic carbocycles. The molecule has 0 aliphatic rings. The van der Waals surface area contributed by atoms with Gasteiger partial charge in [-0.2, -0.15) is 13.2 Å². The fourth-order valence-corrected chi connectivity index (χ4v) is 2.10. The Balaban J connectivity index is 2.40. The molecular formula is C12H7Cl3F3N3. The van der Waals surface area contributed by atoms with Gasteiger partial charge in [0.25, 0.3) is 0 Å². The van der Waals surface area contributed by atoms with E-state index in [1.54, 1.807) is 13.0 Å². The lowest BCUT2D eigenvalue weighted by Crippen LogP contribution is -2.12. The van der Waals surface area contributed by atoms with E-state index in [1.165, 1.54) is 6.07 Å². The van der Waals surface area contributed by atoms with E-state index in [4.69, 9.17) is 34.8 Å². The number of nitrogens with zero attached hydrogens (tertiary/aromatic N) is 2. The van der Waals surface area contributed by atoms with Gasteiger partial charge in [-0.15, -0.1) is 0 Å². The summed E-state index contributed by atoms with van der Waals surface area (Å²) in [5.41, 5.74) is 1.05. The summed E-state index contributed by atoms with van der Waals surface area (Å²) in [7, 11) is 0. The summed E-state index contributed by atoms with van der Waals surface area (Å²) in [5, 5.41) is 3.01. The Morgan fingerprint density at radius 1 is 1.00 bits per heavy atom. The van der Waals surface area contributed by atoms with E-state index in [0.29, 0.717) is 15.7 Å². The highest BCUT2D eigenvalue weighted by molar-refractivity contribution is 6.36. The van der Waals surface area contributed by atoms with Gasteiger partial charge < -0.3 is 5.32 Å². The van der Waals surface area contributed by atoms with Gasteiger partial charge in [0.15, 0.2) is 0 Å². The third-order valence-corrected chi connectivity index (χ3v) is 3.37. The number of alkyl halides is 3. The third kappa shape index (κ3) is 3.90. The zero-order valence-corrected chi connectivity index (χ0v) is 12.7. The minimum atomic E-state index is -4.70. The molecule has 9 heteroatoms. The van der Waals surface area contributed by atoms with Crippen molar-refractivity contribution in [1.82, 2.24) is 9.97 Å².